The molecule has 0 saturated heterocycles. The minimum atomic E-state index is -1.11. The van der Waals surface area contributed by atoms with Crippen molar-refractivity contribution in [2.75, 3.05) is 13.1 Å². The second-order valence-corrected chi connectivity index (χ2v) is 10.0. The highest BCUT2D eigenvalue weighted by Crippen LogP contribution is 2.14. The lowest BCUT2D eigenvalue weighted by Crippen LogP contribution is -2.48. The molecule has 0 rings (SSSR count). The van der Waals surface area contributed by atoms with Crippen LogP contribution in [0.1, 0.15) is 125 Å². The number of ether oxygens (including phenoxy) is 1. The van der Waals surface area contributed by atoms with E-state index in [0.717, 1.165) is 24.2 Å². The van der Waals surface area contributed by atoms with E-state index < -0.39 is 23.7 Å². The van der Waals surface area contributed by atoms with Crippen LogP contribution in [-0.4, -0.2) is 52.7 Å². The number of amides is 2. The van der Waals surface area contributed by atoms with E-state index in [1.807, 2.05) is 0 Å². The lowest BCUT2D eigenvalue weighted by molar-refractivity contribution is -0.142. The Bertz CT molecular complexity index is 545. The molecule has 0 aliphatic rings. The molecule has 0 aromatic carbocycles. The third-order valence-electron chi connectivity index (χ3n) is 5.64. The summed E-state index contributed by atoms with van der Waals surface area (Å²) in [5, 5.41) is 12.0. The molecule has 0 spiro atoms. The second-order valence-electron chi connectivity index (χ2n) is 10.0. The Kier molecular flexibility index (Phi) is 17.6. The molecule has 33 heavy (non-hydrogen) atoms. The van der Waals surface area contributed by atoms with Crippen molar-refractivity contribution in [1.82, 2.24) is 10.2 Å². The van der Waals surface area contributed by atoms with Gasteiger partial charge in [-0.25, -0.2) is 9.59 Å². The van der Waals surface area contributed by atoms with Gasteiger partial charge in [0.05, 0.1) is 0 Å². The Morgan fingerprint density at radius 3 is 1.73 bits per heavy atom. The van der Waals surface area contributed by atoms with Crippen LogP contribution >= 0.6 is 0 Å². The third kappa shape index (κ3) is 18.3. The first-order valence-electron chi connectivity index (χ1n) is 13.1. The van der Waals surface area contributed by atoms with E-state index in [1.54, 1.807) is 20.8 Å². The highest BCUT2D eigenvalue weighted by atomic mass is 16.6. The molecule has 0 unspecified atom stereocenters. The number of carbonyl (C=O) groups is 3. The summed E-state index contributed by atoms with van der Waals surface area (Å²) >= 11 is 0. The summed E-state index contributed by atoms with van der Waals surface area (Å²) in [5.74, 6) is -1.18. The summed E-state index contributed by atoms with van der Waals surface area (Å²) in [6.45, 7) is 9.16. The van der Waals surface area contributed by atoms with Gasteiger partial charge in [-0.2, -0.15) is 0 Å². The summed E-state index contributed by atoms with van der Waals surface area (Å²) in [4.78, 5) is 36.8. The second kappa shape index (κ2) is 18.6. The zero-order valence-corrected chi connectivity index (χ0v) is 21.9. The minimum Gasteiger partial charge on any atom is -0.480 e. The van der Waals surface area contributed by atoms with Gasteiger partial charge in [0, 0.05) is 19.5 Å². The van der Waals surface area contributed by atoms with Crippen LogP contribution in [-0.2, 0) is 14.3 Å². The summed E-state index contributed by atoms with van der Waals surface area (Å²) < 4.78 is 5.29. The quantitative estimate of drug-likeness (QED) is 0.216. The Balaban J connectivity index is 3.87. The Hall–Kier alpha value is -1.79. The van der Waals surface area contributed by atoms with Gasteiger partial charge >= 0.3 is 12.1 Å². The molecule has 0 aliphatic heterocycles. The summed E-state index contributed by atoms with van der Waals surface area (Å²) in [6.07, 6.45) is 16.2. The van der Waals surface area contributed by atoms with Crippen LogP contribution in [0.5, 0.6) is 0 Å². The number of rotatable bonds is 19. The van der Waals surface area contributed by atoms with Crippen LogP contribution in [0.15, 0.2) is 0 Å². The van der Waals surface area contributed by atoms with E-state index in [-0.39, 0.29) is 19.0 Å². The topological polar surface area (TPSA) is 95.9 Å². The molecule has 0 heterocycles. The van der Waals surface area contributed by atoms with E-state index >= 15 is 0 Å². The van der Waals surface area contributed by atoms with Crippen molar-refractivity contribution >= 4 is 18.0 Å². The monoisotopic (exact) mass is 470 g/mol. The van der Waals surface area contributed by atoms with Gasteiger partial charge in [0.25, 0.3) is 0 Å². The molecule has 0 aromatic rings. The van der Waals surface area contributed by atoms with Gasteiger partial charge in [0.2, 0.25) is 5.91 Å². The van der Waals surface area contributed by atoms with Gasteiger partial charge in [-0.3, -0.25) is 9.69 Å². The maximum atomic E-state index is 12.3. The predicted octanol–water partition coefficient (Wildman–Crippen LogP) is 6.29. The lowest BCUT2D eigenvalue weighted by atomic mass is 10.0. The maximum Gasteiger partial charge on any atom is 0.411 e. The van der Waals surface area contributed by atoms with Crippen molar-refractivity contribution < 1.29 is 24.2 Å². The van der Waals surface area contributed by atoms with Crippen LogP contribution in [0.2, 0.25) is 0 Å². The molecule has 7 nitrogen and oxygen atoms in total. The first-order valence-corrected chi connectivity index (χ1v) is 13.1. The maximum absolute atomic E-state index is 12.3. The summed E-state index contributed by atoms with van der Waals surface area (Å²) in [5.41, 5.74) is -0.717. The van der Waals surface area contributed by atoms with Gasteiger partial charge in [0.15, 0.2) is 0 Å². The predicted molar refractivity (Wildman–Crippen MR) is 133 cm³/mol. The molecule has 0 saturated carbocycles. The molecule has 0 fully saturated rings. The van der Waals surface area contributed by atoms with Crippen LogP contribution < -0.4 is 5.32 Å². The number of unbranched alkanes of at least 4 members (excludes halogenated alkanes) is 12. The van der Waals surface area contributed by atoms with Crippen molar-refractivity contribution in [2.45, 2.75) is 136 Å². The molecule has 0 aliphatic carbocycles. The normalized spacial score (nSPS) is 12.3. The van der Waals surface area contributed by atoms with Crippen LogP contribution in [0, 0.1) is 0 Å². The Morgan fingerprint density at radius 2 is 1.30 bits per heavy atom. The van der Waals surface area contributed by atoms with Gasteiger partial charge in [-0.05, 0) is 34.1 Å². The van der Waals surface area contributed by atoms with Gasteiger partial charge in [-0.15, -0.1) is 0 Å². The standard InChI is InChI=1S/C26H50N2O5/c1-6-7-8-9-10-11-12-13-14-15-16-17-18-19-23(29)27-20-21-28(22(2)24(30)31)25(32)33-26(3,4)5/h22H,6-21H2,1-5H3,(H,27,29)(H,30,31)/t22-/m0/s1. The molecule has 1 atom stereocenters. The SMILES string of the molecule is CCCCCCCCCCCCCCCC(=O)NCCN(C(=O)OC(C)(C)C)[C@@H](C)C(=O)O. The molecule has 2 amide bonds. The van der Waals surface area contributed by atoms with Gasteiger partial charge in [0.1, 0.15) is 11.6 Å². The van der Waals surface area contributed by atoms with Crippen LogP contribution in [0.3, 0.4) is 0 Å². The number of carbonyl (C=O) groups excluding carboxylic acids is 2. The fourth-order valence-corrected chi connectivity index (χ4v) is 3.60. The number of nitrogens with zero attached hydrogens (tertiary/aromatic N) is 1. The molecular formula is C26H50N2O5. The molecule has 2 N–H and O–H groups in total. The Labute approximate surface area is 202 Å². The lowest BCUT2D eigenvalue weighted by Gasteiger charge is -2.29. The first kappa shape index (κ1) is 31.2. The van der Waals surface area contributed by atoms with Crippen LogP contribution in [0.25, 0.3) is 0 Å². The number of carboxylic acids is 1. The fraction of sp³-hybridized carbons (Fsp3) is 0.885. The Morgan fingerprint density at radius 1 is 0.848 bits per heavy atom. The number of carboxylic acid groups (broad SMARTS) is 1. The van der Waals surface area contributed by atoms with Crippen molar-refractivity contribution in [2.24, 2.45) is 0 Å². The van der Waals surface area contributed by atoms with E-state index in [2.05, 4.69) is 12.2 Å². The summed E-state index contributed by atoms with van der Waals surface area (Å²) in [6, 6.07) is -1.03. The average Bonchev–Trinajstić information content (AvgIpc) is 2.72. The molecule has 0 bridgehead atoms. The van der Waals surface area contributed by atoms with Gasteiger partial charge < -0.3 is 15.2 Å². The number of nitrogens with one attached hydrogen (secondary N) is 1. The largest absolute Gasteiger partial charge is 0.480 e. The molecule has 0 radical (unpaired) electrons. The molecule has 0 aromatic heterocycles. The zero-order valence-electron chi connectivity index (χ0n) is 21.9. The molecule has 194 valence electrons. The fourth-order valence-electron chi connectivity index (χ4n) is 3.60. The van der Waals surface area contributed by atoms with Crippen LogP contribution in [0.4, 0.5) is 4.79 Å². The highest BCUT2D eigenvalue weighted by Gasteiger charge is 2.29. The minimum absolute atomic E-state index is 0.0646. The molecular weight excluding hydrogens is 420 g/mol. The summed E-state index contributed by atoms with van der Waals surface area (Å²) in [7, 11) is 0. The van der Waals surface area contributed by atoms with E-state index in [9.17, 15) is 19.5 Å². The van der Waals surface area contributed by atoms with Gasteiger partial charge in [-0.1, -0.05) is 84.0 Å². The highest BCUT2D eigenvalue weighted by molar-refractivity contribution is 5.80. The first-order chi connectivity index (χ1) is 15.6. The van der Waals surface area contributed by atoms with Crippen molar-refractivity contribution in [1.29, 1.82) is 0 Å². The van der Waals surface area contributed by atoms with E-state index in [0.29, 0.717) is 6.42 Å². The van der Waals surface area contributed by atoms with E-state index in [4.69, 9.17) is 4.74 Å². The number of hydrogen-bond acceptors (Lipinski definition) is 4. The van der Waals surface area contributed by atoms with Crippen molar-refractivity contribution in [3.8, 4) is 0 Å². The number of hydrogen-bond donors (Lipinski definition) is 2. The zero-order chi connectivity index (χ0) is 25.1. The smallest absolute Gasteiger partial charge is 0.411 e. The van der Waals surface area contributed by atoms with Crippen molar-refractivity contribution in [3.63, 3.8) is 0 Å². The van der Waals surface area contributed by atoms with Crippen molar-refractivity contribution in [3.05, 3.63) is 0 Å². The van der Waals surface area contributed by atoms with E-state index in [1.165, 1.54) is 71.1 Å². The molecule has 7 heteroatoms. The third-order valence-corrected chi connectivity index (χ3v) is 5.64. The average molecular weight is 471 g/mol. The number of aliphatic carboxylic acids is 1.